The van der Waals surface area contributed by atoms with Gasteiger partial charge in [-0.05, 0) is 53.3 Å². The smallest absolute Gasteiger partial charge is 0.175 e. The van der Waals surface area contributed by atoms with Crippen molar-refractivity contribution in [1.29, 1.82) is 5.26 Å². The molecule has 0 aliphatic carbocycles. The monoisotopic (exact) mass is 397 g/mol. The van der Waals surface area contributed by atoms with E-state index in [0.717, 1.165) is 9.13 Å². The highest BCUT2D eigenvalue weighted by atomic mass is 127. The fourth-order valence-electron chi connectivity index (χ4n) is 1.82. The summed E-state index contributed by atoms with van der Waals surface area (Å²) in [6, 6.07) is 11.7. The zero-order valence-corrected chi connectivity index (χ0v) is 13.6. The van der Waals surface area contributed by atoms with Crippen LogP contribution >= 0.6 is 22.6 Å². The van der Waals surface area contributed by atoms with Crippen LogP contribution in [0.3, 0.4) is 0 Å². The zero-order chi connectivity index (χ0) is 15.2. The molecular formula is C16H13FINO2. The second-order valence-corrected chi connectivity index (χ2v) is 5.41. The molecule has 0 saturated carbocycles. The summed E-state index contributed by atoms with van der Waals surface area (Å²) in [5.74, 6) is 0.800. The minimum atomic E-state index is -0.296. The molecule has 2 aromatic carbocycles. The van der Waals surface area contributed by atoms with Crippen molar-refractivity contribution in [2.24, 2.45) is 0 Å². The Morgan fingerprint density at radius 1 is 1.24 bits per heavy atom. The first kappa shape index (κ1) is 15.6. The maximum absolute atomic E-state index is 13.2. The molecular weight excluding hydrogens is 384 g/mol. The summed E-state index contributed by atoms with van der Waals surface area (Å²) in [5, 5.41) is 8.99. The van der Waals surface area contributed by atoms with Crippen molar-refractivity contribution in [3.05, 3.63) is 56.9 Å². The van der Waals surface area contributed by atoms with E-state index in [1.54, 1.807) is 24.3 Å². The maximum Gasteiger partial charge on any atom is 0.175 e. The number of nitriles is 1. The second-order valence-electron chi connectivity index (χ2n) is 4.25. The van der Waals surface area contributed by atoms with Crippen LogP contribution in [0.4, 0.5) is 4.39 Å². The molecule has 0 bridgehead atoms. The quantitative estimate of drug-likeness (QED) is 0.708. The zero-order valence-electron chi connectivity index (χ0n) is 11.4. The molecule has 108 valence electrons. The third-order valence-corrected chi connectivity index (χ3v) is 3.51. The molecule has 0 unspecified atom stereocenters. The molecule has 0 amide bonds. The van der Waals surface area contributed by atoms with E-state index in [4.69, 9.17) is 14.7 Å². The first-order chi connectivity index (χ1) is 10.1. The van der Waals surface area contributed by atoms with Gasteiger partial charge in [-0.15, -0.1) is 0 Å². The molecule has 0 atom stereocenters. The lowest BCUT2D eigenvalue weighted by molar-refractivity contribution is 0.267. The minimum Gasteiger partial charge on any atom is -0.490 e. The van der Waals surface area contributed by atoms with Gasteiger partial charge in [0.2, 0.25) is 0 Å². The predicted molar refractivity (Wildman–Crippen MR) is 85.8 cm³/mol. The number of hydrogen-bond donors (Lipinski definition) is 0. The molecule has 0 N–H and O–H groups in total. The molecule has 2 aromatic rings. The van der Waals surface area contributed by atoms with Crippen molar-refractivity contribution < 1.29 is 13.9 Å². The third-order valence-electron chi connectivity index (χ3n) is 2.71. The summed E-state index contributed by atoms with van der Waals surface area (Å²) in [5.41, 5.74) is 1.25. The van der Waals surface area contributed by atoms with Crippen LogP contribution in [-0.4, -0.2) is 6.61 Å². The lowest BCUT2D eigenvalue weighted by atomic mass is 10.2. The number of nitrogens with zero attached hydrogens (tertiary/aromatic N) is 1. The van der Waals surface area contributed by atoms with Crippen LogP contribution in [0.1, 0.15) is 18.1 Å². The Bertz CT molecular complexity index is 682. The lowest BCUT2D eigenvalue weighted by Crippen LogP contribution is -2.02. The number of benzene rings is 2. The number of hydrogen-bond acceptors (Lipinski definition) is 3. The SMILES string of the molecule is CCOc1cc(C#N)cc(I)c1OCc1cccc(F)c1. The summed E-state index contributed by atoms with van der Waals surface area (Å²) in [7, 11) is 0. The van der Waals surface area contributed by atoms with Crippen LogP contribution in [-0.2, 0) is 6.61 Å². The number of rotatable bonds is 5. The van der Waals surface area contributed by atoms with Crippen LogP contribution in [0.2, 0.25) is 0 Å². The van der Waals surface area contributed by atoms with Crippen molar-refractivity contribution in [1.82, 2.24) is 0 Å². The average molecular weight is 397 g/mol. The molecule has 0 aliphatic heterocycles. The van der Waals surface area contributed by atoms with Gasteiger partial charge >= 0.3 is 0 Å². The van der Waals surface area contributed by atoms with E-state index in [1.165, 1.54) is 12.1 Å². The van der Waals surface area contributed by atoms with Gasteiger partial charge in [-0.2, -0.15) is 5.26 Å². The number of halogens is 2. The fourth-order valence-corrected chi connectivity index (χ4v) is 2.57. The molecule has 3 nitrogen and oxygen atoms in total. The van der Waals surface area contributed by atoms with Crippen molar-refractivity contribution in [2.45, 2.75) is 13.5 Å². The number of ether oxygens (including phenoxy) is 2. The van der Waals surface area contributed by atoms with Gasteiger partial charge in [-0.1, -0.05) is 12.1 Å². The van der Waals surface area contributed by atoms with Gasteiger partial charge in [0, 0.05) is 6.07 Å². The van der Waals surface area contributed by atoms with E-state index in [9.17, 15) is 4.39 Å². The van der Waals surface area contributed by atoms with Gasteiger partial charge in [0.05, 0.1) is 21.8 Å². The van der Waals surface area contributed by atoms with E-state index < -0.39 is 0 Å². The predicted octanol–water partition coefficient (Wildman–Crippen LogP) is 4.28. The lowest BCUT2D eigenvalue weighted by Gasteiger charge is -2.14. The van der Waals surface area contributed by atoms with Gasteiger partial charge in [-0.25, -0.2) is 4.39 Å². The van der Waals surface area contributed by atoms with Crippen LogP contribution < -0.4 is 9.47 Å². The first-order valence-electron chi connectivity index (χ1n) is 6.37. The van der Waals surface area contributed by atoms with Crippen LogP contribution in [0.15, 0.2) is 36.4 Å². The molecule has 0 spiro atoms. The maximum atomic E-state index is 13.2. The van der Waals surface area contributed by atoms with Crippen molar-refractivity contribution >= 4 is 22.6 Å². The highest BCUT2D eigenvalue weighted by Gasteiger charge is 2.12. The minimum absolute atomic E-state index is 0.236. The average Bonchev–Trinajstić information content (AvgIpc) is 2.46. The molecule has 2 rings (SSSR count). The molecule has 0 radical (unpaired) electrons. The molecule has 0 fully saturated rings. The van der Waals surface area contributed by atoms with Crippen LogP contribution in [0.25, 0.3) is 0 Å². The van der Waals surface area contributed by atoms with Gasteiger partial charge in [0.15, 0.2) is 11.5 Å². The van der Waals surface area contributed by atoms with E-state index in [-0.39, 0.29) is 12.4 Å². The van der Waals surface area contributed by atoms with E-state index in [0.29, 0.717) is 23.7 Å². The summed E-state index contributed by atoms with van der Waals surface area (Å²) in [6.45, 7) is 2.57. The molecule has 0 aromatic heterocycles. The van der Waals surface area contributed by atoms with E-state index in [1.807, 2.05) is 6.92 Å². The molecule has 21 heavy (non-hydrogen) atoms. The highest BCUT2D eigenvalue weighted by Crippen LogP contribution is 2.34. The summed E-state index contributed by atoms with van der Waals surface area (Å²) >= 11 is 2.09. The standard InChI is InChI=1S/C16H13FINO2/c1-2-20-15-8-12(9-19)7-14(18)16(15)21-10-11-4-3-5-13(17)6-11/h3-8H,2,10H2,1H3. The first-order valence-corrected chi connectivity index (χ1v) is 7.45. The third kappa shape index (κ3) is 4.08. The Hall–Kier alpha value is -1.81. The fraction of sp³-hybridized carbons (Fsp3) is 0.188. The molecule has 0 heterocycles. The van der Waals surface area contributed by atoms with Gasteiger partial charge < -0.3 is 9.47 Å². The van der Waals surface area contributed by atoms with E-state index >= 15 is 0 Å². The topological polar surface area (TPSA) is 42.2 Å². The molecule has 0 saturated heterocycles. The Morgan fingerprint density at radius 3 is 2.71 bits per heavy atom. The van der Waals surface area contributed by atoms with Gasteiger partial charge in [-0.3, -0.25) is 0 Å². The van der Waals surface area contributed by atoms with Gasteiger partial charge in [0.25, 0.3) is 0 Å². The van der Waals surface area contributed by atoms with Crippen molar-refractivity contribution in [3.8, 4) is 17.6 Å². The Kier molecular flexibility index (Phi) is 5.39. The van der Waals surface area contributed by atoms with Crippen LogP contribution in [0.5, 0.6) is 11.5 Å². The highest BCUT2D eigenvalue weighted by molar-refractivity contribution is 14.1. The van der Waals surface area contributed by atoms with Crippen molar-refractivity contribution in [2.75, 3.05) is 6.61 Å². The summed E-state index contributed by atoms with van der Waals surface area (Å²) in [6.07, 6.45) is 0. The second kappa shape index (κ2) is 7.27. The normalized spacial score (nSPS) is 10.0. The Labute approximate surface area is 136 Å². The largest absolute Gasteiger partial charge is 0.490 e. The Morgan fingerprint density at radius 2 is 2.05 bits per heavy atom. The molecule has 5 heteroatoms. The Balaban J connectivity index is 2.24. The van der Waals surface area contributed by atoms with Crippen molar-refractivity contribution in [3.63, 3.8) is 0 Å². The van der Waals surface area contributed by atoms with Gasteiger partial charge in [0.1, 0.15) is 12.4 Å². The summed E-state index contributed by atoms with van der Waals surface area (Å²) in [4.78, 5) is 0. The molecule has 0 aliphatic rings. The summed E-state index contributed by atoms with van der Waals surface area (Å²) < 4.78 is 25.2. The van der Waals surface area contributed by atoms with E-state index in [2.05, 4.69) is 28.7 Å². The van der Waals surface area contributed by atoms with Crippen LogP contribution in [0, 0.1) is 20.7 Å².